The fourth-order valence-electron chi connectivity index (χ4n) is 1.77. The molecule has 2 aromatic heterocycles. The maximum Gasteiger partial charge on any atom is 0.277 e. The van der Waals surface area contributed by atoms with E-state index in [0.717, 1.165) is 31.0 Å². The van der Waals surface area contributed by atoms with Crippen LogP contribution in [-0.2, 0) is 0 Å². The number of quaternary nitrogens is 1. The van der Waals surface area contributed by atoms with Crippen LogP contribution in [0, 0.1) is 0 Å². The standard InChI is InChI=1S/C13H18N4OS/c1-3-17(4-2)9-10-19-13-16-15-12(18-13)11-5-7-14-8-6-11/h5-8H,3-4,9-10H2,1-2H3/p+1. The molecule has 0 saturated heterocycles. The molecule has 0 aliphatic heterocycles. The lowest BCUT2D eigenvalue weighted by molar-refractivity contribution is -0.893. The van der Waals surface area contributed by atoms with Gasteiger partial charge in [-0.25, -0.2) is 0 Å². The Labute approximate surface area is 117 Å². The van der Waals surface area contributed by atoms with Crippen molar-refractivity contribution < 1.29 is 9.32 Å². The number of rotatable bonds is 7. The van der Waals surface area contributed by atoms with Gasteiger partial charge in [0.1, 0.15) is 0 Å². The average Bonchev–Trinajstić information content (AvgIpc) is 2.93. The van der Waals surface area contributed by atoms with E-state index in [1.54, 1.807) is 29.1 Å². The highest BCUT2D eigenvalue weighted by Crippen LogP contribution is 2.21. The summed E-state index contributed by atoms with van der Waals surface area (Å²) in [5.41, 5.74) is 0.906. The summed E-state index contributed by atoms with van der Waals surface area (Å²) in [6.07, 6.45) is 3.44. The zero-order valence-electron chi connectivity index (χ0n) is 11.3. The molecule has 0 amide bonds. The Kier molecular flexibility index (Phi) is 5.35. The Balaban J connectivity index is 1.88. The van der Waals surface area contributed by atoms with Crippen molar-refractivity contribution in [3.63, 3.8) is 0 Å². The third kappa shape index (κ3) is 4.04. The summed E-state index contributed by atoms with van der Waals surface area (Å²) in [6, 6.07) is 3.73. The number of aromatic nitrogens is 3. The summed E-state index contributed by atoms with van der Waals surface area (Å²) >= 11 is 1.62. The molecule has 0 radical (unpaired) electrons. The van der Waals surface area contributed by atoms with E-state index in [1.807, 2.05) is 12.1 Å². The molecule has 0 unspecified atom stereocenters. The molecule has 0 fully saturated rings. The van der Waals surface area contributed by atoms with Crippen LogP contribution in [0.15, 0.2) is 34.2 Å². The highest BCUT2D eigenvalue weighted by atomic mass is 32.2. The summed E-state index contributed by atoms with van der Waals surface area (Å²) < 4.78 is 5.62. The first-order valence-corrected chi connectivity index (χ1v) is 7.52. The minimum atomic E-state index is 0.556. The van der Waals surface area contributed by atoms with Crippen molar-refractivity contribution in [3.8, 4) is 11.5 Å². The smallest absolute Gasteiger partial charge is 0.277 e. The molecule has 2 rings (SSSR count). The second-order valence-electron chi connectivity index (χ2n) is 4.16. The molecule has 0 aliphatic rings. The van der Waals surface area contributed by atoms with Gasteiger partial charge < -0.3 is 9.32 Å². The third-order valence-electron chi connectivity index (χ3n) is 3.01. The minimum absolute atomic E-state index is 0.556. The first-order valence-electron chi connectivity index (χ1n) is 6.53. The van der Waals surface area contributed by atoms with Crippen LogP contribution in [0.1, 0.15) is 13.8 Å². The van der Waals surface area contributed by atoms with E-state index >= 15 is 0 Å². The Bertz CT molecular complexity index is 484. The van der Waals surface area contributed by atoms with Gasteiger partial charge in [-0.2, -0.15) is 0 Å². The summed E-state index contributed by atoms with van der Waals surface area (Å²) in [5.74, 6) is 1.55. The van der Waals surface area contributed by atoms with Gasteiger partial charge in [0.05, 0.1) is 25.4 Å². The molecule has 0 aromatic carbocycles. The first-order chi connectivity index (χ1) is 9.33. The van der Waals surface area contributed by atoms with Crippen molar-refractivity contribution in [3.05, 3.63) is 24.5 Å². The molecule has 0 saturated carbocycles. The highest BCUT2D eigenvalue weighted by molar-refractivity contribution is 7.99. The van der Waals surface area contributed by atoms with Gasteiger partial charge in [0.2, 0.25) is 5.89 Å². The molecule has 0 spiro atoms. The van der Waals surface area contributed by atoms with Gasteiger partial charge in [0.25, 0.3) is 5.22 Å². The van der Waals surface area contributed by atoms with Crippen LogP contribution in [-0.4, -0.2) is 40.6 Å². The van der Waals surface area contributed by atoms with Crippen LogP contribution in [0.5, 0.6) is 0 Å². The van der Waals surface area contributed by atoms with Gasteiger partial charge in [-0.3, -0.25) is 4.98 Å². The Hall–Kier alpha value is -1.40. The lowest BCUT2D eigenvalue weighted by atomic mass is 10.3. The van der Waals surface area contributed by atoms with Gasteiger partial charge in [-0.15, -0.1) is 10.2 Å². The van der Waals surface area contributed by atoms with Crippen molar-refractivity contribution in [2.45, 2.75) is 19.1 Å². The molecule has 6 heteroatoms. The van der Waals surface area contributed by atoms with E-state index in [-0.39, 0.29) is 0 Å². The lowest BCUT2D eigenvalue weighted by Crippen LogP contribution is -3.11. The summed E-state index contributed by atoms with van der Waals surface area (Å²) in [7, 11) is 0. The number of nitrogens with zero attached hydrogens (tertiary/aromatic N) is 3. The lowest BCUT2D eigenvalue weighted by Gasteiger charge is -2.13. The summed E-state index contributed by atoms with van der Waals surface area (Å²) in [4.78, 5) is 5.55. The van der Waals surface area contributed by atoms with Crippen molar-refractivity contribution in [2.75, 3.05) is 25.4 Å². The fourth-order valence-corrected chi connectivity index (χ4v) is 2.57. The van der Waals surface area contributed by atoms with E-state index < -0.39 is 0 Å². The maximum absolute atomic E-state index is 5.62. The molecular weight excluding hydrogens is 260 g/mol. The normalized spacial score (nSPS) is 11.1. The molecule has 102 valence electrons. The van der Waals surface area contributed by atoms with Crippen molar-refractivity contribution in [1.82, 2.24) is 15.2 Å². The van der Waals surface area contributed by atoms with Crippen molar-refractivity contribution in [1.29, 1.82) is 0 Å². The van der Waals surface area contributed by atoms with Crippen molar-refractivity contribution in [2.24, 2.45) is 0 Å². The predicted molar refractivity (Wildman–Crippen MR) is 75.2 cm³/mol. The van der Waals surface area contributed by atoms with Gasteiger partial charge in [0, 0.05) is 18.0 Å². The number of hydrogen-bond acceptors (Lipinski definition) is 5. The van der Waals surface area contributed by atoms with E-state index in [1.165, 1.54) is 0 Å². The highest BCUT2D eigenvalue weighted by Gasteiger charge is 2.10. The van der Waals surface area contributed by atoms with Gasteiger partial charge in [-0.05, 0) is 26.0 Å². The zero-order chi connectivity index (χ0) is 13.5. The van der Waals surface area contributed by atoms with Crippen LogP contribution in [0.25, 0.3) is 11.5 Å². The quantitative estimate of drug-likeness (QED) is 0.771. The fraction of sp³-hybridized carbons (Fsp3) is 0.462. The maximum atomic E-state index is 5.62. The van der Waals surface area contributed by atoms with Crippen LogP contribution in [0.4, 0.5) is 0 Å². The van der Waals surface area contributed by atoms with Gasteiger partial charge in [-0.1, -0.05) is 11.8 Å². The largest absolute Gasteiger partial charge is 0.411 e. The Morgan fingerprint density at radius 1 is 1.16 bits per heavy atom. The zero-order valence-corrected chi connectivity index (χ0v) is 12.1. The van der Waals surface area contributed by atoms with Crippen LogP contribution < -0.4 is 4.90 Å². The second-order valence-corrected chi connectivity index (χ2v) is 5.21. The molecule has 5 nitrogen and oxygen atoms in total. The van der Waals surface area contributed by atoms with Gasteiger partial charge >= 0.3 is 0 Å². The Morgan fingerprint density at radius 2 is 1.89 bits per heavy atom. The number of hydrogen-bond donors (Lipinski definition) is 1. The molecule has 2 aromatic rings. The average molecular weight is 279 g/mol. The molecule has 0 bridgehead atoms. The van der Waals surface area contributed by atoms with Crippen LogP contribution in [0.2, 0.25) is 0 Å². The van der Waals surface area contributed by atoms with E-state index in [2.05, 4.69) is 29.0 Å². The first kappa shape index (κ1) is 14.0. The molecule has 19 heavy (non-hydrogen) atoms. The second kappa shape index (κ2) is 7.25. The van der Waals surface area contributed by atoms with Gasteiger partial charge in [0.15, 0.2) is 0 Å². The molecule has 0 atom stereocenters. The number of nitrogens with one attached hydrogen (secondary N) is 1. The predicted octanol–water partition coefficient (Wildman–Crippen LogP) is 1.15. The minimum Gasteiger partial charge on any atom is -0.411 e. The molecule has 0 aliphatic carbocycles. The molecular formula is C13H19N4OS+. The SMILES string of the molecule is CC[NH+](CC)CCSc1nnc(-c2ccncc2)o1. The summed E-state index contributed by atoms with van der Waals surface area (Å²) in [5, 5.41) is 8.75. The number of pyridine rings is 1. The van der Waals surface area contributed by atoms with Crippen molar-refractivity contribution >= 4 is 11.8 Å². The van der Waals surface area contributed by atoms with E-state index in [0.29, 0.717) is 11.1 Å². The van der Waals surface area contributed by atoms with E-state index in [9.17, 15) is 0 Å². The monoisotopic (exact) mass is 279 g/mol. The van der Waals surface area contributed by atoms with Crippen LogP contribution >= 0.6 is 11.8 Å². The summed E-state index contributed by atoms with van der Waals surface area (Å²) in [6.45, 7) is 7.84. The van der Waals surface area contributed by atoms with Crippen LogP contribution in [0.3, 0.4) is 0 Å². The number of thioether (sulfide) groups is 1. The Morgan fingerprint density at radius 3 is 2.58 bits per heavy atom. The van der Waals surface area contributed by atoms with E-state index in [4.69, 9.17) is 4.42 Å². The third-order valence-corrected chi connectivity index (χ3v) is 3.84. The topological polar surface area (TPSA) is 56.2 Å². The molecule has 2 heterocycles. The molecule has 1 N–H and O–H groups in total.